The van der Waals surface area contributed by atoms with Crippen molar-refractivity contribution in [2.45, 2.75) is 32.7 Å². The largest absolute Gasteiger partial charge is 0.325 e. The lowest BCUT2D eigenvalue weighted by Gasteiger charge is -2.08. The number of rotatable bonds is 6. The van der Waals surface area contributed by atoms with Crippen LogP contribution in [0.2, 0.25) is 0 Å². The Morgan fingerprint density at radius 3 is 2.28 bits per heavy atom. The highest BCUT2D eigenvalue weighted by Gasteiger charge is 2.09. The molecule has 0 atom stereocenters. The van der Waals surface area contributed by atoms with Crippen molar-refractivity contribution in [3.63, 3.8) is 0 Å². The quantitative estimate of drug-likeness (QED) is 0.773. The Labute approximate surface area is 151 Å². The van der Waals surface area contributed by atoms with E-state index in [1.54, 1.807) is 26.0 Å². The zero-order chi connectivity index (χ0) is 18.4. The van der Waals surface area contributed by atoms with E-state index in [-0.39, 0.29) is 23.5 Å². The Bertz CT molecular complexity index is 740. The summed E-state index contributed by atoms with van der Waals surface area (Å²) >= 11 is 1.29. The molecule has 0 radical (unpaired) electrons. The van der Waals surface area contributed by atoms with Crippen molar-refractivity contribution in [3.8, 4) is 0 Å². The molecular weight excluding hydrogens is 336 g/mol. The molecule has 0 aliphatic carbocycles. The summed E-state index contributed by atoms with van der Waals surface area (Å²) in [5.74, 6) is 0.309. The molecule has 2 rings (SSSR count). The van der Waals surface area contributed by atoms with Gasteiger partial charge in [-0.3, -0.25) is 9.59 Å². The van der Waals surface area contributed by atoms with Crippen LogP contribution in [0, 0.1) is 19.8 Å². The number of amides is 2. The zero-order valence-electron chi connectivity index (χ0n) is 14.8. The van der Waals surface area contributed by atoms with Gasteiger partial charge in [0.2, 0.25) is 11.8 Å². The number of nitrogens with zero attached hydrogens (tertiary/aromatic N) is 2. The third-order valence-electron chi connectivity index (χ3n) is 3.27. The van der Waals surface area contributed by atoms with Crippen LogP contribution >= 0.6 is 11.8 Å². The average Bonchev–Trinajstić information content (AvgIpc) is 2.53. The van der Waals surface area contributed by atoms with Crippen LogP contribution in [-0.2, 0) is 9.59 Å². The lowest BCUT2D eigenvalue weighted by Crippen LogP contribution is -2.18. The number of hydrogen-bond donors (Lipinski definition) is 2. The number of carbonyl (C=O) groups excluding carboxylic acids is 2. The maximum atomic E-state index is 12.1. The van der Waals surface area contributed by atoms with Crippen LogP contribution in [0.4, 0.5) is 11.5 Å². The van der Waals surface area contributed by atoms with E-state index in [1.165, 1.54) is 11.8 Å². The van der Waals surface area contributed by atoms with Crippen molar-refractivity contribution < 1.29 is 9.59 Å². The topological polar surface area (TPSA) is 84.0 Å². The van der Waals surface area contributed by atoms with Crippen molar-refractivity contribution in [2.75, 3.05) is 16.4 Å². The van der Waals surface area contributed by atoms with E-state index < -0.39 is 0 Å². The SMILES string of the molecule is Cc1cc(C)cc(NC(=O)CSc2ccc(NC(=O)C(C)C)nn2)c1. The van der Waals surface area contributed by atoms with Crippen LogP contribution < -0.4 is 10.6 Å². The van der Waals surface area contributed by atoms with E-state index in [1.807, 2.05) is 26.0 Å². The van der Waals surface area contributed by atoms with Gasteiger partial charge in [0.05, 0.1) is 5.75 Å². The van der Waals surface area contributed by atoms with Crippen LogP contribution in [0.3, 0.4) is 0 Å². The Hall–Kier alpha value is -2.41. The third kappa shape index (κ3) is 6.19. The molecule has 0 bridgehead atoms. The van der Waals surface area contributed by atoms with Crippen LogP contribution in [-0.4, -0.2) is 27.8 Å². The molecule has 1 heterocycles. The molecule has 132 valence electrons. The summed E-state index contributed by atoms with van der Waals surface area (Å²) in [5, 5.41) is 14.1. The van der Waals surface area contributed by atoms with Gasteiger partial charge in [0, 0.05) is 11.6 Å². The molecule has 2 N–H and O–H groups in total. The predicted molar refractivity (Wildman–Crippen MR) is 101 cm³/mol. The molecule has 0 unspecified atom stereocenters. The van der Waals surface area contributed by atoms with E-state index in [0.717, 1.165) is 16.8 Å². The van der Waals surface area contributed by atoms with Gasteiger partial charge in [-0.05, 0) is 49.2 Å². The second-order valence-corrected chi connectivity index (χ2v) is 7.11. The van der Waals surface area contributed by atoms with Gasteiger partial charge in [-0.1, -0.05) is 31.7 Å². The van der Waals surface area contributed by atoms with Crippen molar-refractivity contribution in [1.82, 2.24) is 10.2 Å². The summed E-state index contributed by atoms with van der Waals surface area (Å²) in [4.78, 5) is 23.7. The number of carbonyl (C=O) groups is 2. The number of aromatic nitrogens is 2. The van der Waals surface area contributed by atoms with Crippen LogP contribution in [0.5, 0.6) is 0 Å². The first-order chi connectivity index (χ1) is 11.8. The monoisotopic (exact) mass is 358 g/mol. The highest BCUT2D eigenvalue weighted by atomic mass is 32.2. The third-order valence-corrected chi connectivity index (χ3v) is 4.19. The number of thioether (sulfide) groups is 1. The Morgan fingerprint density at radius 2 is 1.72 bits per heavy atom. The first kappa shape index (κ1) is 18.9. The Morgan fingerprint density at radius 1 is 1.04 bits per heavy atom. The number of benzene rings is 1. The number of nitrogens with one attached hydrogen (secondary N) is 2. The van der Waals surface area contributed by atoms with Gasteiger partial charge >= 0.3 is 0 Å². The molecule has 1 aromatic carbocycles. The summed E-state index contributed by atoms with van der Waals surface area (Å²) in [6.07, 6.45) is 0. The second kappa shape index (κ2) is 8.62. The molecular formula is C18H22N4O2S. The lowest BCUT2D eigenvalue weighted by atomic mass is 10.1. The smallest absolute Gasteiger partial charge is 0.234 e. The minimum Gasteiger partial charge on any atom is -0.325 e. The Balaban J connectivity index is 1.86. The van der Waals surface area contributed by atoms with Crippen LogP contribution in [0.1, 0.15) is 25.0 Å². The van der Waals surface area contributed by atoms with Crippen LogP contribution in [0.15, 0.2) is 35.4 Å². The van der Waals surface area contributed by atoms with E-state index in [9.17, 15) is 9.59 Å². The second-order valence-electron chi connectivity index (χ2n) is 6.11. The van der Waals surface area contributed by atoms with Crippen molar-refractivity contribution in [2.24, 2.45) is 5.92 Å². The standard InChI is InChI=1S/C18H22N4O2S/c1-11(2)18(24)20-15-5-6-17(22-21-15)25-10-16(23)19-14-8-12(3)7-13(4)9-14/h5-9,11H,10H2,1-4H3,(H,19,23)(H,20,21,24). The van der Waals surface area contributed by atoms with Gasteiger partial charge in [-0.25, -0.2) is 0 Å². The molecule has 6 nitrogen and oxygen atoms in total. The minimum atomic E-state index is -0.121. The molecule has 2 amide bonds. The fourth-order valence-corrected chi connectivity index (χ4v) is 2.73. The first-order valence-corrected chi connectivity index (χ1v) is 8.97. The normalized spacial score (nSPS) is 10.6. The maximum absolute atomic E-state index is 12.1. The molecule has 0 saturated carbocycles. The van der Waals surface area contributed by atoms with E-state index in [4.69, 9.17) is 0 Å². The molecule has 2 aromatic rings. The van der Waals surface area contributed by atoms with Gasteiger partial charge in [0.15, 0.2) is 5.82 Å². The van der Waals surface area contributed by atoms with E-state index in [0.29, 0.717) is 10.8 Å². The molecule has 25 heavy (non-hydrogen) atoms. The van der Waals surface area contributed by atoms with Gasteiger partial charge < -0.3 is 10.6 Å². The Kier molecular flexibility index (Phi) is 6.52. The molecule has 0 spiro atoms. The average molecular weight is 358 g/mol. The fourth-order valence-electron chi connectivity index (χ4n) is 2.12. The lowest BCUT2D eigenvalue weighted by molar-refractivity contribution is -0.119. The van der Waals surface area contributed by atoms with E-state index >= 15 is 0 Å². The summed E-state index contributed by atoms with van der Waals surface area (Å²) in [6.45, 7) is 7.60. The van der Waals surface area contributed by atoms with Gasteiger partial charge in [0.1, 0.15) is 5.03 Å². The summed E-state index contributed by atoms with van der Waals surface area (Å²) in [5.41, 5.74) is 3.00. The molecule has 7 heteroatoms. The summed E-state index contributed by atoms with van der Waals surface area (Å²) in [7, 11) is 0. The highest BCUT2D eigenvalue weighted by molar-refractivity contribution is 7.99. The molecule has 0 aliphatic heterocycles. The van der Waals surface area contributed by atoms with Gasteiger partial charge in [0.25, 0.3) is 0 Å². The maximum Gasteiger partial charge on any atom is 0.234 e. The predicted octanol–water partition coefficient (Wildman–Crippen LogP) is 3.42. The van der Waals surface area contributed by atoms with Crippen LogP contribution in [0.25, 0.3) is 0 Å². The fraction of sp³-hybridized carbons (Fsp3) is 0.333. The van der Waals surface area contributed by atoms with Crippen molar-refractivity contribution in [3.05, 3.63) is 41.5 Å². The van der Waals surface area contributed by atoms with E-state index in [2.05, 4.69) is 26.9 Å². The van der Waals surface area contributed by atoms with Gasteiger partial charge in [-0.15, -0.1) is 10.2 Å². The van der Waals surface area contributed by atoms with Crippen molar-refractivity contribution >= 4 is 35.1 Å². The van der Waals surface area contributed by atoms with Gasteiger partial charge in [-0.2, -0.15) is 0 Å². The van der Waals surface area contributed by atoms with Crippen molar-refractivity contribution in [1.29, 1.82) is 0 Å². The molecule has 0 aliphatic rings. The number of hydrogen-bond acceptors (Lipinski definition) is 5. The molecule has 1 aromatic heterocycles. The first-order valence-electron chi connectivity index (χ1n) is 7.99. The molecule has 0 saturated heterocycles. The molecule has 0 fully saturated rings. The minimum absolute atomic E-state index is 0.103. The summed E-state index contributed by atoms with van der Waals surface area (Å²) < 4.78 is 0. The zero-order valence-corrected chi connectivity index (χ0v) is 15.6. The summed E-state index contributed by atoms with van der Waals surface area (Å²) in [6, 6.07) is 9.33. The number of anilines is 2. The number of aryl methyl sites for hydroxylation is 2. The highest BCUT2D eigenvalue weighted by Crippen LogP contribution is 2.18.